The molecular formula is C32H36N2O5. The Kier molecular flexibility index (Phi) is 10.1. The Bertz CT molecular complexity index is 1230. The molecule has 0 aliphatic carbocycles. The third-order valence-electron chi connectivity index (χ3n) is 7.10. The summed E-state index contributed by atoms with van der Waals surface area (Å²) >= 11 is 0. The van der Waals surface area contributed by atoms with Crippen LogP contribution >= 0.6 is 0 Å². The Morgan fingerprint density at radius 3 is 2.10 bits per heavy atom. The molecule has 0 radical (unpaired) electrons. The molecule has 2 N–H and O–H groups in total. The highest BCUT2D eigenvalue weighted by Gasteiger charge is 2.33. The maximum atomic E-state index is 12.5. The van der Waals surface area contributed by atoms with E-state index < -0.39 is 12.0 Å². The maximum absolute atomic E-state index is 12.5. The number of unbranched alkanes of at least 4 members (excludes halogenated alkanes) is 1. The van der Waals surface area contributed by atoms with E-state index >= 15 is 0 Å². The molecule has 0 bridgehead atoms. The number of carboxylic acid groups (broad SMARTS) is 1. The van der Waals surface area contributed by atoms with Crippen LogP contribution in [0.2, 0.25) is 0 Å². The van der Waals surface area contributed by atoms with Crippen LogP contribution in [0.25, 0.3) is 11.1 Å². The third-order valence-corrected chi connectivity index (χ3v) is 7.10. The first-order valence-electron chi connectivity index (χ1n) is 13.6. The van der Waals surface area contributed by atoms with E-state index in [1.54, 1.807) is 0 Å². The lowest BCUT2D eigenvalue weighted by atomic mass is 9.99. The highest BCUT2D eigenvalue weighted by molar-refractivity contribution is 5.84. The lowest BCUT2D eigenvalue weighted by Crippen LogP contribution is -2.40. The zero-order chi connectivity index (χ0) is 27.5. The first kappa shape index (κ1) is 27.9. The molecule has 1 aliphatic heterocycles. The van der Waals surface area contributed by atoms with E-state index in [0.29, 0.717) is 32.4 Å². The van der Waals surface area contributed by atoms with Crippen LogP contribution in [0.5, 0.6) is 0 Å². The number of carboxylic acids is 1. The number of nitrogens with one attached hydrogen (secondary N) is 1. The fraction of sp³-hybridized carbons (Fsp3) is 0.344. The fourth-order valence-corrected chi connectivity index (χ4v) is 4.86. The number of amides is 2. The summed E-state index contributed by atoms with van der Waals surface area (Å²) in [6.45, 7) is 1.39. The van der Waals surface area contributed by atoms with Crippen molar-refractivity contribution >= 4 is 18.0 Å². The zero-order valence-corrected chi connectivity index (χ0v) is 22.2. The lowest BCUT2D eigenvalue weighted by Gasteiger charge is -2.21. The van der Waals surface area contributed by atoms with E-state index in [2.05, 4.69) is 41.7 Å². The first-order chi connectivity index (χ1) is 19.0. The number of aryl methyl sites for hydroxylation is 2. The molecule has 0 unspecified atom stereocenters. The zero-order valence-electron chi connectivity index (χ0n) is 22.2. The number of carbonyl (C=O) groups excluding carboxylic acids is 2. The van der Waals surface area contributed by atoms with Crippen molar-refractivity contribution in [3.8, 4) is 11.1 Å². The number of benzene rings is 3. The summed E-state index contributed by atoms with van der Waals surface area (Å²) < 4.78 is 5.23. The number of rotatable bonds is 12. The molecule has 1 aliphatic rings. The van der Waals surface area contributed by atoms with Crippen LogP contribution in [0.15, 0.2) is 78.9 Å². The van der Waals surface area contributed by atoms with E-state index in [9.17, 15) is 19.5 Å². The van der Waals surface area contributed by atoms with Crippen molar-refractivity contribution in [3.63, 3.8) is 0 Å². The lowest BCUT2D eigenvalue weighted by molar-refractivity contribution is -0.148. The molecule has 1 saturated heterocycles. The molecule has 1 atom stereocenters. The number of hydrogen-bond acceptors (Lipinski definition) is 4. The monoisotopic (exact) mass is 528 g/mol. The van der Waals surface area contributed by atoms with Crippen LogP contribution in [-0.2, 0) is 33.8 Å². The average molecular weight is 529 g/mol. The van der Waals surface area contributed by atoms with Crippen molar-refractivity contribution < 1.29 is 24.2 Å². The van der Waals surface area contributed by atoms with Gasteiger partial charge in [0.05, 0.1) is 0 Å². The molecule has 4 rings (SSSR count). The van der Waals surface area contributed by atoms with Gasteiger partial charge in [0.25, 0.3) is 0 Å². The Labute approximate surface area is 229 Å². The van der Waals surface area contributed by atoms with Crippen LogP contribution in [0.1, 0.15) is 48.8 Å². The van der Waals surface area contributed by atoms with Gasteiger partial charge in [0.2, 0.25) is 5.91 Å². The number of likely N-dealkylation sites (tertiary alicyclic amines) is 1. The van der Waals surface area contributed by atoms with Crippen molar-refractivity contribution in [2.75, 3.05) is 13.1 Å². The second-order valence-electron chi connectivity index (χ2n) is 9.92. The predicted octanol–water partition coefficient (Wildman–Crippen LogP) is 5.61. The SMILES string of the molecule is O=C(NCCCCc1ccc(-c2ccc(CCC(=O)N3CCC[C@H]3C(=O)O)cc2)cc1)OCc1ccccc1. The van der Waals surface area contributed by atoms with Crippen LogP contribution in [0, 0.1) is 0 Å². The molecule has 7 nitrogen and oxygen atoms in total. The summed E-state index contributed by atoms with van der Waals surface area (Å²) in [6, 6.07) is 25.6. The highest BCUT2D eigenvalue weighted by atomic mass is 16.5. The topological polar surface area (TPSA) is 95.9 Å². The maximum Gasteiger partial charge on any atom is 0.407 e. The first-order valence-corrected chi connectivity index (χ1v) is 13.6. The van der Waals surface area contributed by atoms with E-state index in [1.807, 2.05) is 42.5 Å². The quantitative estimate of drug-likeness (QED) is 0.298. The fourth-order valence-electron chi connectivity index (χ4n) is 4.86. The molecule has 39 heavy (non-hydrogen) atoms. The van der Waals surface area contributed by atoms with Gasteiger partial charge < -0.3 is 20.1 Å². The van der Waals surface area contributed by atoms with Gasteiger partial charge in [-0.1, -0.05) is 78.9 Å². The molecule has 1 fully saturated rings. The smallest absolute Gasteiger partial charge is 0.407 e. The van der Waals surface area contributed by atoms with Gasteiger partial charge in [0, 0.05) is 19.5 Å². The third kappa shape index (κ3) is 8.43. The normalized spacial score (nSPS) is 14.7. The van der Waals surface area contributed by atoms with Gasteiger partial charge in [0.1, 0.15) is 12.6 Å². The summed E-state index contributed by atoms with van der Waals surface area (Å²) in [5, 5.41) is 12.1. The molecule has 1 heterocycles. The molecular weight excluding hydrogens is 492 g/mol. The van der Waals surface area contributed by atoms with Gasteiger partial charge in [-0.2, -0.15) is 0 Å². The summed E-state index contributed by atoms with van der Waals surface area (Å²) in [5.74, 6) is -0.997. The predicted molar refractivity (Wildman–Crippen MR) is 150 cm³/mol. The molecule has 204 valence electrons. The Hall–Kier alpha value is -4.13. The van der Waals surface area contributed by atoms with E-state index in [1.165, 1.54) is 10.5 Å². The van der Waals surface area contributed by atoms with Gasteiger partial charge >= 0.3 is 12.1 Å². The number of carbonyl (C=O) groups is 3. The molecule has 3 aromatic carbocycles. The van der Waals surface area contributed by atoms with Gasteiger partial charge in [0.15, 0.2) is 0 Å². The molecule has 7 heteroatoms. The van der Waals surface area contributed by atoms with Crippen molar-refractivity contribution in [1.82, 2.24) is 10.2 Å². The summed E-state index contributed by atoms with van der Waals surface area (Å²) in [7, 11) is 0. The van der Waals surface area contributed by atoms with Gasteiger partial charge in [-0.3, -0.25) is 4.79 Å². The largest absolute Gasteiger partial charge is 0.480 e. The van der Waals surface area contributed by atoms with E-state index in [0.717, 1.165) is 47.9 Å². The van der Waals surface area contributed by atoms with E-state index in [4.69, 9.17) is 4.74 Å². The standard InChI is InChI=1S/C32H36N2O5/c35-30(34-22-6-10-29(34)31(36)37)20-15-25-13-18-28(19-14-25)27-16-11-24(12-17-27)7-4-5-21-33-32(38)39-23-26-8-2-1-3-9-26/h1-3,8-9,11-14,16-19,29H,4-7,10,15,20-23H2,(H,33,38)(H,36,37)/t29-/m0/s1. The Balaban J connectivity index is 1.14. The van der Waals surface area contributed by atoms with Gasteiger partial charge in [-0.15, -0.1) is 0 Å². The molecule has 0 spiro atoms. The van der Waals surface area contributed by atoms with Crippen LogP contribution in [-0.4, -0.2) is 47.1 Å². The van der Waals surface area contributed by atoms with Crippen molar-refractivity contribution in [3.05, 3.63) is 95.6 Å². The van der Waals surface area contributed by atoms with Crippen molar-refractivity contribution in [1.29, 1.82) is 0 Å². The van der Waals surface area contributed by atoms with E-state index in [-0.39, 0.29) is 18.6 Å². The average Bonchev–Trinajstić information content (AvgIpc) is 3.47. The summed E-state index contributed by atoms with van der Waals surface area (Å²) in [5.41, 5.74) is 5.52. The Morgan fingerprint density at radius 2 is 1.46 bits per heavy atom. The van der Waals surface area contributed by atoms with Gasteiger partial charge in [-0.05, 0) is 66.3 Å². The van der Waals surface area contributed by atoms with Gasteiger partial charge in [-0.25, -0.2) is 9.59 Å². The summed E-state index contributed by atoms with van der Waals surface area (Å²) in [4.78, 5) is 37.2. The highest BCUT2D eigenvalue weighted by Crippen LogP contribution is 2.23. The number of nitrogens with zero attached hydrogens (tertiary/aromatic N) is 1. The molecule has 0 saturated carbocycles. The number of aliphatic carboxylic acids is 1. The minimum Gasteiger partial charge on any atom is -0.480 e. The van der Waals surface area contributed by atoms with Crippen molar-refractivity contribution in [2.45, 2.75) is 57.6 Å². The second kappa shape index (κ2) is 14.1. The molecule has 0 aromatic heterocycles. The minimum absolute atomic E-state index is 0.0849. The number of alkyl carbamates (subject to hydrolysis) is 1. The van der Waals surface area contributed by atoms with Crippen LogP contribution in [0.3, 0.4) is 0 Å². The second-order valence-corrected chi connectivity index (χ2v) is 9.92. The van der Waals surface area contributed by atoms with Crippen LogP contribution in [0.4, 0.5) is 4.79 Å². The minimum atomic E-state index is -0.912. The Morgan fingerprint density at radius 1 is 0.821 bits per heavy atom. The number of hydrogen-bond donors (Lipinski definition) is 2. The van der Waals surface area contributed by atoms with Crippen molar-refractivity contribution in [2.24, 2.45) is 0 Å². The molecule has 2 amide bonds. The number of ether oxygens (including phenoxy) is 1. The summed E-state index contributed by atoms with van der Waals surface area (Å²) in [6.07, 6.45) is 4.60. The van der Waals surface area contributed by atoms with Crippen LogP contribution < -0.4 is 5.32 Å². The molecule has 3 aromatic rings.